The van der Waals surface area contributed by atoms with Crippen LogP contribution < -0.4 is 10.1 Å². The Labute approximate surface area is 196 Å². The summed E-state index contributed by atoms with van der Waals surface area (Å²) < 4.78 is 34.9. The number of nitrogens with one attached hydrogen (secondary N) is 1. The zero-order chi connectivity index (χ0) is 24.0. The van der Waals surface area contributed by atoms with Gasteiger partial charge in [0.1, 0.15) is 30.2 Å². The molecule has 0 spiro atoms. The first-order valence-corrected chi connectivity index (χ1v) is 11.4. The summed E-state index contributed by atoms with van der Waals surface area (Å²) in [6, 6.07) is 8.53. The Hall–Kier alpha value is -3.38. The van der Waals surface area contributed by atoms with Gasteiger partial charge in [-0.3, -0.25) is 4.90 Å². The highest BCUT2D eigenvalue weighted by Gasteiger charge is 2.48. The third-order valence-electron chi connectivity index (χ3n) is 6.68. The number of aromatic nitrogens is 3. The summed E-state index contributed by atoms with van der Waals surface area (Å²) in [7, 11) is 2.02. The molecule has 1 N–H and O–H groups in total. The molecule has 7 nitrogen and oxygen atoms in total. The van der Waals surface area contributed by atoms with Crippen LogP contribution >= 0.6 is 0 Å². The van der Waals surface area contributed by atoms with Crippen LogP contribution in [0.3, 0.4) is 0 Å². The molecule has 1 aliphatic heterocycles. The minimum absolute atomic E-state index is 0.0239. The highest BCUT2D eigenvalue weighted by Crippen LogP contribution is 2.51. The molecule has 2 atom stereocenters. The van der Waals surface area contributed by atoms with E-state index in [0.29, 0.717) is 28.3 Å². The number of ether oxygens (including phenoxy) is 1. The molecule has 2 fully saturated rings. The largest absolute Gasteiger partial charge is 0.471 e. The van der Waals surface area contributed by atoms with Crippen LogP contribution in [0.4, 0.5) is 14.6 Å². The van der Waals surface area contributed by atoms with Crippen molar-refractivity contribution in [2.75, 3.05) is 25.5 Å². The molecule has 1 aromatic carbocycles. The Kier molecular flexibility index (Phi) is 5.56. The number of nitriles is 1. The fourth-order valence-electron chi connectivity index (χ4n) is 4.45. The van der Waals surface area contributed by atoms with Gasteiger partial charge in [-0.25, -0.2) is 18.7 Å². The summed E-state index contributed by atoms with van der Waals surface area (Å²) in [6.07, 6.45) is 1.48. The van der Waals surface area contributed by atoms with Gasteiger partial charge >= 0.3 is 0 Å². The summed E-state index contributed by atoms with van der Waals surface area (Å²) in [4.78, 5) is 15.5. The highest BCUT2D eigenvalue weighted by molar-refractivity contribution is 5.88. The topological polar surface area (TPSA) is 87.0 Å². The minimum atomic E-state index is -1.41. The molecular formula is C25H26F2N6O. The van der Waals surface area contributed by atoms with Crippen LogP contribution in [0.5, 0.6) is 5.88 Å². The van der Waals surface area contributed by atoms with Gasteiger partial charge in [0.15, 0.2) is 5.65 Å². The number of benzene rings is 1. The molecule has 9 heteroatoms. The lowest BCUT2D eigenvalue weighted by molar-refractivity contribution is 0.0348. The van der Waals surface area contributed by atoms with E-state index < -0.39 is 23.4 Å². The molecule has 1 aliphatic carbocycles. The third-order valence-corrected chi connectivity index (χ3v) is 6.68. The number of alkyl halides is 1. The van der Waals surface area contributed by atoms with E-state index in [4.69, 9.17) is 4.74 Å². The van der Waals surface area contributed by atoms with Crippen molar-refractivity contribution in [3.8, 4) is 11.9 Å². The van der Waals surface area contributed by atoms with Crippen molar-refractivity contribution >= 4 is 16.9 Å². The van der Waals surface area contributed by atoms with Crippen LogP contribution in [0.2, 0.25) is 0 Å². The SMILES string of the molecule is CC(F)c1cccc([C@@H](C)Nc2ncnc3nc(OC4CN(C)C4)c(C4(C#N)CC4)cc23)c1F. The van der Waals surface area contributed by atoms with Crippen LogP contribution in [0.25, 0.3) is 11.0 Å². The quantitative estimate of drug-likeness (QED) is 0.546. The van der Waals surface area contributed by atoms with Crippen LogP contribution in [0.1, 0.15) is 55.6 Å². The highest BCUT2D eigenvalue weighted by atomic mass is 19.1. The molecule has 1 saturated heterocycles. The van der Waals surface area contributed by atoms with Gasteiger partial charge in [0.25, 0.3) is 0 Å². The molecule has 2 aliphatic rings. The minimum Gasteiger partial charge on any atom is -0.471 e. The first kappa shape index (κ1) is 22.4. The third kappa shape index (κ3) is 3.92. The van der Waals surface area contributed by atoms with E-state index in [0.717, 1.165) is 31.5 Å². The van der Waals surface area contributed by atoms with E-state index in [1.807, 2.05) is 13.1 Å². The van der Waals surface area contributed by atoms with Crippen molar-refractivity contribution < 1.29 is 13.5 Å². The monoisotopic (exact) mass is 464 g/mol. The number of hydrogen-bond donors (Lipinski definition) is 1. The van der Waals surface area contributed by atoms with E-state index in [-0.39, 0.29) is 11.7 Å². The maximum atomic E-state index is 14.9. The second-order valence-corrected chi connectivity index (χ2v) is 9.32. The molecule has 34 heavy (non-hydrogen) atoms. The van der Waals surface area contributed by atoms with Gasteiger partial charge in [-0.05, 0) is 39.8 Å². The lowest BCUT2D eigenvalue weighted by atomic mass is 9.97. The molecule has 0 amide bonds. The Balaban J connectivity index is 1.52. The molecule has 3 heterocycles. The zero-order valence-corrected chi connectivity index (χ0v) is 19.3. The summed E-state index contributed by atoms with van der Waals surface area (Å²) in [6.45, 7) is 4.70. The van der Waals surface area contributed by atoms with E-state index >= 15 is 0 Å². The van der Waals surface area contributed by atoms with Crippen molar-refractivity contribution in [2.45, 2.75) is 50.4 Å². The number of pyridine rings is 1. The average molecular weight is 465 g/mol. The molecule has 3 aromatic rings. The molecule has 0 radical (unpaired) electrons. The zero-order valence-electron chi connectivity index (χ0n) is 19.3. The number of fused-ring (bicyclic) bond motifs is 1. The summed E-state index contributed by atoms with van der Waals surface area (Å²) in [5.41, 5.74) is 0.906. The van der Waals surface area contributed by atoms with Crippen LogP contribution in [-0.2, 0) is 5.41 Å². The van der Waals surface area contributed by atoms with Crippen molar-refractivity contribution in [1.29, 1.82) is 5.26 Å². The van der Waals surface area contributed by atoms with E-state index in [1.165, 1.54) is 19.3 Å². The van der Waals surface area contributed by atoms with Gasteiger partial charge in [0.05, 0.1) is 22.9 Å². The molecule has 176 valence electrons. The van der Waals surface area contributed by atoms with Crippen LogP contribution in [0.15, 0.2) is 30.6 Å². The Bertz CT molecular complexity index is 1280. The maximum Gasteiger partial charge on any atom is 0.220 e. The summed E-state index contributed by atoms with van der Waals surface area (Å²) >= 11 is 0. The van der Waals surface area contributed by atoms with E-state index in [9.17, 15) is 14.0 Å². The Morgan fingerprint density at radius 1 is 1.24 bits per heavy atom. The average Bonchev–Trinajstić information content (AvgIpc) is 3.59. The Morgan fingerprint density at radius 3 is 2.62 bits per heavy atom. The van der Waals surface area contributed by atoms with Gasteiger partial charge < -0.3 is 10.1 Å². The van der Waals surface area contributed by atoms with Crippen molar-refractivity contribution in [1.82, 2.24) is 19.9 Å². The second kappa shape index (κ2) is 8.44. The second-order valence-electron chi connectivity index (χ2n) is 9.32. The molecule has 2 aromatic heterocycles. The van der Waals surface area contributed by atoms with Crippen molar-refractivity contribution in [3.63, 3.8) is 0 Å². The summed E-state index contributed by atoms with van der Waals surface area (Å²) in [5.74, 6) is 0.336. The summed E-state index contributed by atoms with van der Waals surface area (Å²) in [5, 5.41) is 13.7. The van der Waals surface area contributed by atoms with E-state index in [1.54, 1.807) is 19.1 Å². The predicted octanol–water partition coefficient (Wildman–Crippen LogP) is 4.62. The molecule has 0 bridgehead atoms. The fourth-order valence-corrected chi connectivity index (χ4v) is 4.45. The first-order valence-electron chi connectivity index (χ1n) is 11.4. The standard InChI is InChI=1S/C25H26F2N6O/c1-14(26)17-5-4-6-18(21(17)27)15(2)31-22-19-9-20(25(12-28)7-8-25)24(32-23(19)30-13-29-22)34-16-10-33(3)11-16/h4-6,9,13-16H,7-8,10-11H2,1-3H3,(H,29,30,31,32)/t14?,15-/m1/s1. The van der Waals surface area contributed by atoms with Crippen LogP contribution in [-0.4, -0.2) is 46.1 Å². The molecule has 5 rings (SSSR count). The number of hydrogen-bond acceptors (Lipinski definition) is 7. The number of rotatable bonds is 7. The van der Waals surface area contributed by atoms with Gasteiger partial charge in [-0.2, -0.15) is 10.2 Å². The lowest BCUT2D eigenvalue weighted by Crippen LogP contribution is -2.51. The number of anilines is 1. The normalized spacial score (nSPS) is 19.2. The number of nitrogens with zero attached hydrogens (tertiary/aromatic N) is 5. The van der Waals surface area contributed by atoms with E-state index in [2.05, 4.69) is 31.2 Å². The number of likely N-dealkylation sites (tertiary alicyclic amines) is 1. The fraction of sp³-hybridized carbons (Fsp3) is 0.440. The number of likely N-dealkylation sites (N-methyl/N-ethyl adjacent to an activating group) is 1. The smallest absolute Gasteiger partial charge is 0.220 e. The van der Waals surface area contributed by atoms with Crippen molar-refractivity contribution in [2.24, 2.45) is 0 Å². The molecule has 1 saturated carbocycles. The lowest BCUT2D eigenvalue weighted by Gasteiger charge is -2.36. The van der Waals surface area contributed by atoms with Crippen LogP contribution in [0, 0.1) is 17.1 Å². The van der Waals surface area contributed by atoms with Crippen molar-refractivity contribution in [3.05, 3.63) is 53.1 Å². The maximum absolute atomic E-state index is 14.9. The Morgan fingerprint density at radius 2 is 1.97 bits per heavy atom. The first-order chi connectivity index (χ1) is 16.3. The predicted molar refractivity (Wildman–Crippen MR) is 124 cm³/mol. The van der Waals surface area contributed by atoms with Gasteiger partial charge in [-0.1, -0.05) is 18.2 Å². The van der Waals surface area contributed by atoms with Gasteiger partial charge in [-0.15, -0.1) is 0 Å². The van der Waals surface area contributed by atoms with Gasteiger partial charge in [0.2, 0.25) is 5.88 Å². The van der Waals surface area contributed by atoms with Gasteiger partial charge in [0, 0.05) is 29.8 Å². The molecule has 1 unspecified atom stereocenters. The molecular weight excluding hydrogens is 438 g/mol. The number of halogens is 2.